The van der Waals surface area contributed by atoms with Crippen molar-refractivity contribution < 1.29 is 13.9 Å². The highest BCUT2D eigenvalue weighted by Crippen LogP contribution is 2.25. The minimum absolute atomic E-state index is 0.152. The van der Waals surface area contributed by atoms with Crippen molar-refractivity contribution >= 4 is 28.8 Å². The van der Waals surface area contributed by atoms with E-state index >= 15 is 0 Å². The number of carbonyl (C=O) groups excluding carboxylic acids is 1. The van der Waals surface area contributed by atoms with Crippen LogP contribution in [0.15, 0.2) is 59.9 Å². The molecule has 30 heavy (non-hydrogen) atoms. The van der Waals surface area contributed by atoms with Gasteiger partial charge in [-0.25, -0.2) is 14.4 Å². The number of methoxy groups -OCH3 is 1. The van der Waals surface area contributed by atoms with E-state index in [1.807, 2.05) is 24.3 Å². The zero-order valence-electron chi connectivity index (χ0n) is 15.9. The molecule has 0 saturated carbocycles. The molecule has 0 aliphatic heterocycles. The number of carbonyl (C=O) groups is 1. The van der Waals surface area contributed by atoms with E-state index in [1.165, 1.54) is 30.2 Å². The van der Waals surface area contributed by atoms with Gasteiger partial charge in [-0.15, -0.1) is 5.10 Å². The number of hydrogen-bond donors (Lipinski definition) is 1. The third-order valence-corrected chi connectivity index (χ3v) is 5.22. The van der Waals surface area contributed by atoms with Gasteiger partial charge >= 0.3 is 0 Å². The molecule has 0 aliphatic rings. The normalized spacial score (nSPS) is 10.9. The molecule has 0 spiro atoms. The molecule has 0 radical (unpaired) electrons. The number of fused-ring (bicyclic) bond motifs is 1. The van der Waals surface area contributed by atoms with Gasteiger partial charge in [0.25, 0.3) is 0 Å². The van der Waals surface area contributed by atoms with Crippen LogP contribution >= 0.6 is 11.8 Å². The Balaban J connectivity index is 1.45. The second-order valence-corrected chi connectivity index (χ2v) is 7.21. The summed E-state index contributed by atoms with van der Waals surface area (Å²) in [6.45, 7) is 0.324. The van der Waals surface area contributed by atoms with Gasteiger partial charge in [0.1, 0.15) is 22.9 Å². The lowest BCUT2D eigenvalue weighted by atomic mass is 10.2. The molecule has 4 aromatic rings. The Hall–Kier alpha value is -3.53. The van der Waals surface area contributed by atoms with Crippen molar-refractivity contribution in [3.63, 3.8) is 0 Å². The van der Waals surface area contributed by atoms with Gasteiger partial charge in [0, 0.05) is 12.6 Å². The van der Waals surface area contributed by atoms with E-state index in [-0.39, 0.29) is 17.5 Å². The Bertz CT molecular complexity index is 1180. The Morgan fingerprint density at radius 1 is 1.20 bits per heavy atom. The summed E-state index contributed by atoms with van der Waals surface area (Å²) in [5, 5.41) is 11.7. The number of rotatable bonds is 7. The third-order valence-electron chi connectivity index (χ3n) is 4.24. The number of amides is 1. The Morgan fingerprint density at radius 3 is 2.83 bits per heavy atom. The van der Waals surface area contributed by atoms with E-state index in [1.54, 1.807) is 23.9 Å². The molecule has 152 valence electrons. The van der Waals surface area contributed by atoms with Gasteiger partial charge in [0.2, 0.25) is 5.91 Å². The number of halogens is 1. The van der Waals surface area contributed by atoms with Gasteiger partial charge in [0.15, 0.2) is 11.2 Å². The molecule has 4 rings (SSSR count). The number of hydrogen-bond acceptors (Lipinski definition) is 7. The average Bonchev–Trinajstić information content (AvgIpc) is 3.22. The van der Waals surface area contributed by atoms with Crippen molar-refractivity contribution in [1.29, 1.82) is 0 Å². The number of benzene rings is 2. The van der Waals surface area contributed by atoms with E-state index in [4.69, 9.17) is 4.74 Å². The van der Waals surface area contributed by atoms with Gasteiger partial charge in [-0.1, -0.05) is 35.2 Å². The molecule has 1 N–H and O–H groups in total. The minimum Gasteiger partial charge on any atom is -0.497 e. The fraction of sp³-hybridized carbons (Fsp3) is 0.150. The van der Waals surface area contributed by atoms with Crippen LogP contribution in [0.1, 0.15) is 5.56 Å². The summed E-state index contributed by atoms with van der Waals surface area (Å²) in [7, 11) is 1.59. The summed E-state index contributed by atoms with van der Waals surface area (Å²) in [5.74, 6) is 0.364. The molecule has 10 heteroatoms. The largest absolute Gasteiger partial charge is 0.497 e. The van der Waals surface area contributed by atoms with E-state index in [9.17, 15) is 9.18 Å². The highest BCUT2D eigenvalue weighted by Gasteiger charge is 2.15. The molecular formula is C20H17FN6O2S. The smallest absolute Gasteiger partial charge is 0.230 e. The van der Waals surface area contributed by atoms with E-state index < -0.39 is 0 Å². The molecule has 0 unspecified atom stereocenters. The van der Waals surface area contributed by atoms with Crippen LogP contribution < -0.4 is 10.1 Å². The van der Waals surface area contributed by atoms with E-state index in [0.29, 0.717) is 28.5 Å². The lowest BCUT2D eigenvalue weighted by Crippen LogP contribution is -2.24. The van der Waals surface area contributed by atoms with Crippen molar-refractivity contribution in [2.24, 2.45) is 0 Å². The van der Waals surface area contributed by atoms with Crippen LogP contribution in [0.4, 0.5) is 4.39 Å². The SMILES string of the molecule is COc1cccc(-n2nnc3c(SCC(=O)NCc4ccc(F)cc4)ncnc32)c1. The van der Waals surface area contributed by atoms with Crippen LogP contribution in [0.25, 0.3) is 16.9 Å². The van der Waals surface area contributed by atoms with Gasteiger partial charge < -0.3 is 10.1 Å². The molecule has 0 fully saturated rings. The molecule has 8 nitrogen and oxygen atoms in total. The number of aromatic nitrogens is 5. The molecule has 2 heterocycles. The molecule has 1 amide bonds. The first kappa shape index (κ1) is 19.8. The Kier molecular flexibility index (Phi) is 5.84. The molecule has 2 aromatic carbocycles. The summed E-state index contributed by atoms with van der Waals surface area (Å²) < 4.78 is 19.8. The van der Waals surface area contributed by atoms with Crippen molar-refractivity contribution in [2.45, 2.75) is 11.6 Å². The number of nitrogens with zero attached hydrogens (tertiary/aromatic N) is 5. The zero-order valence-corrected chi connectivity index (χ0v) is 16.8. The highest BCUT2D eigenvalue weighted by atomic mass is 32.2. The lowest BCUT2D eigenvalue weighted by Gasteiger charge is -2.06. The van der Waals surface area contributed by atoms with Crippen molar-refractivity contribution in [3.05, 3.63) is 66.2 Å². The average molecular weight is 424 g/mol. The topological polar surface area (TPSA) is 94.8 Å². The zero-order chi connectivity index (χ0) is 20.9. The first-order chi connectivity index (χ1) is 14.6. The molecule has 0 aliphatic carbocycles. The summed E-state index contributed by atoms with van der Waals surface area (Å²) in [5.41, 5.74) is 2.62. The minimum atomic E-state index is -0.310. The predicted molar refractivity (Wildman–Crippen MR) is 110 cm³/mol. The monoisotopic (exact) mass is 424 g/mol. The Morgan fingerprint density at radius 2 is 2.03 bits per heavy atom. The van der Waals surface area contributed by atoms with Crippen LogP contribution in [0, 0.1) is 5.82 Å². The van der Waals surface area contributed by atoms with Crippen LogP contribution in [0.3, 0.4) is 0 Å². The molecule has 0 atom stereocenters. The standard InChI is InChI=1S/C20H17FN6O2S/c1-29-16-4-2-3-15(9-16)27-19-18(25-26-27)20(24-12-23-19)30-11-17(28)22-10-13-5-7-14(21)8-6-13/h2-9,12H,10-11H2,1H3,(H,22,28). The number of nitrogens with one attached hydrogen (secondary N) is 1. The van der Waals surface area contributed by atoms with E-state index in [0.717, 1.165) is 11.3 Å². The fourth-order valence-corrected chi connectivity index (χ4v) is 3.50. The maximum absolute atomic E-state index is 12.9. The van der Waals surface area contributed by atoms with Crippen molar-refractivity contribution in [3.8, 4) is 11.4 Å². The summed E-state index contributed by atoms with van der Waals surface area (Å²) in [4.78, 5) is 20.7. The van der Waals surface area contributed by atoms with Gasteiger partial charge in [-0.05, 0) is 29.8 Å². The fourth-order valence-electron chi connectivity index (χ4n) is 2.74. The molecule has 2 aromatic heterocycles. The summed E-state index contributed by atoms with van der Waals surface area (Å²) >= 11 is 1.25. The molecular weight excluding hydrogens is 407 g/mol. The van der Waals surface area contributed by atoms with Crippen LogP contribution in [0.2, 0.25) is 0 Å². The van der Waals surface area contributed by atoms with E-state index in [2.05, 4.69) is 25.6 Å². The summed E-state index contributed by atoms with van der Waals surface area (Å²) in [6.07, 6.45) is 1.42. The molecule has 0 bridgehead atoms. The van der Waals surface area contributed by atoms with Crippen LogP contribution in [-0.4, -0.2) is 43.7 Å². The second-order valence-electron chi connectivity index (χ2n) is 6.25. The Labute approximate surface area is 175 Å². The maximum Gasteiger partial charge on any atom is 0.230 e. The van der Waals surface area contributed by atoms with Crippen molar-refractivity contribution in [1.82, 2.24) is 30.3 Å². The van der Waals surface area contributed by atoms with Crippen molar-refractivity contribution in [2.75, 3.05) is 12.9 Å². The van der Waals surface area contributed by atoms with Gasteiger partial charge in [-0.3, -0.25) is 4.79 Å². The van der Waals surface area contributed by atoms with Gasteiger partial charge in [0.05, 0.1) is 18.6 Å². The predicted octanol–water partition coefficient (Wildman–Crippen LogP) is 2.77. The van der Waals surface area contributed by atoms with Crippen LogP contribution in [-0.2, 0) is 11.3 Å². The molecule has 0 saturated heterocycles. The number of thioether (sulfide) groups is 1. The maximum atomic E-state index is 12.9. The number of ether oxygens (including phenoxy) is 1. The highest BCUT2D eigenvalue weighted by molar-refractivity contribution is 8.00. The van der Waals surface area contributed by atoms with Gasteiger partial charge in [-0.2, -0.15) is 4.68 Å². The third kappa shape index (κ3) is 4.38. The van der Waals surface area contributed by atoms with Crippen LogP contribution in [0.5, 0.6) is 5.75 Å². The first-order valence-corrected chi connectivity index (χ1v) is 9.97. The first-order valence-electron chi connectivity index (χ1n) is 8.99. The lowest BCUT2D eigenvalue weighted by molar-refractivity contribution is -0.118. The quantitative estimate of drug-likeness (QED) is 0.360. The summed E-state index contributed by atoms with van der Waals surface area (Å²) in [6, 6.07) is 13.4. The second kappa shape index (κ2) is 8.87.